The monoisotopic (exact) mass is 594 g/mol. The van der Waals surface area contributed by atoms with Crippen molar-refractivity contribution in [3.63, 3.8) is 0 Å². The number of nitrogens with zero attached hydrogens (tertiary/aromatic N) is 6. The Bertz CT molecular complexity index is 1700. The summed E-state index contributed by atoms with van der Waals surface area (Å²) in [6.45, 7) is 6.83. The second-order valence-electron chi connectivity index (χ2n) is 10.3. The molecule has 0 spiro atoms. The Kier molecular flexibility index (Phi) is 7.31. The van der Waals surface area contributed by atoms with E-state index in [4.69, 9.17) is 14.8 Å². The number of aryl methyl sites for hydroxylation is 1. The summed E-state index contributed by atoms with van der Waals surface area (Å²) < 4.78 is 69.9. The van der Waals surface area contributed by atoms with E-state index in [1.807, 2.05) is 51.1 Å². The molecule has 1 aromatic heterocycles. The lowest BCUT2D eigenvalue weighted by molar-refractivity contribution is -0.137. The summed E-state index contributed by atoms with van der Waals surface area (Å²) in [5.41, 5.74) is 0.695. The summed E-state index contributed by atoms with van der Waals surface area (Å²) in [6, 6.07) is 21.2. The molecule has 2 aliphatic rings. The molecule has 1 saturated carbocycles. The van der Waals surface area contributed by atoms with Crippen LogP contribution in [0.1, 0.15) is 43.5 Å². The van der Waals surface area contributed by atoms with Crippen molar-refractivity contribution in [1.29, 1.82) is 0 Å². The second-order valence-corrected chi connectivity index (χ2v) is 13.1. The first-order chi connectivity index (χ1) is 20.2. The van der Waals surface area contributed by atoms with Crippen molar-refractivity contribution in [2.45, 2.75) is 45.8 Å². The van der Waals surface area contributed by atoms with Gasteiger partial charge in [0, 0.05) is 19.1 Å². The second kappa shape index (κ2) is 10.8. The van der Waals surface area contributed by atoms with Gasteiger partial charge >= 0.3 is 6.18 Å². The molecule has 11 heteroatoms. The van der Waals surface area contributed by atoms with Crippen LogP contribution in [-0.2, 0) is 6.18 Å². The van der Waals surface area contributed by atoms with Crippen LogP contribution in [0.15, 0.2) is 88.6 Å². The molecular weight excluding hydrogens is 563 g/mol. The fourth-order valence-corrected chi connectivity index (χ4v) is 10.0. The summed E-state index contributed by atoms with van der Waals surface area (Å²) >= 11 is 0. The minimum atomic E-state index is -4.61. The number of halogens is 4. The standard InChI is InChI=1S/C31H31F4N6P/c1-4-39(5-2)42(38-27-18-12-10-16-25(27)31(33,34)35)28-21(3)37-40(22-13-7-6-8-14-22)30(28)36-29(41(42)23-19-20-23)24-15-9-11-17-26(24)32/h6-18,23H,4-5,19-20H2,1-3H3. The number of alkyl halides is 3. The van der Waals surface area contributed by atoms with E-state index in [-0.39, 0.29) is 17.3 Å². The average Bonchev–Trinajstić information content (AvgIpc) is 3.75. The molecule has 1 unspecified atom stereocenters. The van der Waals surface area contributed by atoms with Crippen molar-refractivity contribution in [1.82, 2.24) is 19.1 Å². The fourth-order valence-electron chi connectivity index (χ4n) is 5.65. The number of hydrogen-bond acceptors (Lipinski definition) is 3. The Morgan fingerprint density at radius 3 is 2.21 bits per heavy atom. The number of aliphatic imine (C=N–C) groups is 1. The Balaban J connectivity index is 1.80. The van der Waals surface area contributed by atoms with Crippen molar-refractivity contribution >= 4 is 30.0 Å². The van der Waals surface area contributed by atoms with Crippen LogP contribution >= 0.6 is 7.36 Å². The van der Waals surface area contributed by atoms with Crippen LogP contribution in [0.25, 0.3) is 5.69 Å². The quantitative estimate of drug-likeness (QED) is 0.160. The number of rotatable bonds is 7. The van der Waals surface area contributed by atoms with Crippen molar-refractivity contribution in [2.24, 2.45) is 9.74 Å². The highest BCUT2D eigenvalue weighted by molar-refractivity contribution is 7.70. The van der Waals surface area contributed by atoms with Gasteiger partial charge in [-0.25, -0.2) is 18.8 Å². The molecule has 42 heavy (non-hydrogen) atoms. The molecule has 0 N–H and O–H groups in total. The van der Waals surface area contributed by atoms with Gasteiger partial charge in [-0.1, -0.05) is 56.3 Å². The number of amidine groups is 1. The summed E-state index contributed by atoms with van der Waals surface area (Å²) in [4.78, 5) is 5.10. The predicted molar refractivity (Wildman–Crippen MR) is 159 cm³/mol. The Morgan fingerprint density at radius 1 is 0.929 bits per heavy atom. The van der Waals surface area contributed by atoms with E-state index in [9.17, 15) is 13.2 Å². The molecule has 1 aliphatic heterocycles. The highest BCUT2D eigenvalue weighted by Gasteiger charge is 2.51. The van der Waals surface area contributed by atoms with Crippen LogP contribution in [0.5, 0.6) is 0 Å². The molecule has 4 aromatic rings. The molecule has 0 radical (unpaired) electrons. The van der Waals surface area contributed by atoms with Crippen molar-refractivity contribution in [2.75, 3.05) is 13.1 Å². The van der Waals surface area contributed by atoms with Gasteiger partial charge in [0.05, 0.1) is 33.5 Å². The van der Waals surface area contributed by atoms with E-state index in [2.05, 4.69) is 9.34 Å². The zero-order valence-corrected chi connectivity index (χ0v) is 24.4. The number of hydrogen-bond donors (Lipinski definition) is 0. The van der Waals surface area contributed by atoms with Gasteiger partial charge in [-0.3, -0.25) is 4.67 Å². The number of aromatic nitrogens is 2. The molecule has 1 atom stereocenters. The Labute approximate surface area is 242 Å². The van der Waals surface area contributed by atoms with Crippen LogP contribution in [0, 0.1) is 12.7 Å². The minimum absolute atomic E-state index is 0.0632. The molecule has 1 aliphatic carbocycles. The van der Waals surface area contributed by atoms with E-state index >= 15 is 4.39 Å². The molecule has 218 valence electrons. The lowest BCUT2D eigenvalue weighted by atomic mass is 10.2. The van der Waals surface area contributed by atoms with Crippen LogP contribution in [-0.4, -0.2) is 44.1 Å². The zero-order chi connectivity index (χ0) is 29.6. The third kappa shape index (κ3) is 4.67. The van der Waals surface area contributed by atoms with Crippen molar-refractivity contribution in [3.8, 4) is 5.69 Å². The van der Waals surface area contributed by atoms with E-state index < -0.39 is 24.9 Å². The normalized spacial score (nSPS) is 18.7. The third-order valence-electron chi connectivity index (χ3n) is 7.62. The largest absolute Gasteiger partial charge is 0.418 e. The van der Waals surface area contributed by atoms with Gasteiger partial charge in [0.25, 0.3) is 0 Å². The van der Waals surface area contributed by atoms with E-state index in [0.717, 1.165) is 24.6 Å². The van der Waals surface area contributed by atoms with Gasteiger partial charge < -0.3 is 4.67 Å². The van der Waals surface area contributed by atoms with E-state index in [1.54, 1.807) is 28.9 Å². The summed E-state index contributed by atoms with van der Waals surface area (Å²) in [6.07, 6.45) is -3.01. The Morgan fingerprint density at radius 2 is 1.57 bits per heavy atom. The maximum absolute atomic E-state index is 15.6. The van der Waals surface area contributed by atoms with E-state index in [1.165, 1.54) is 18.2 Å². The molecule has 0 bridgehead atoms. The highest BCUT2D eigenvalue weighted by atomic mass is 31.2. The SMILES string of the molecule is CCN(CC)P1(=Nc2ccccc2C(F)(F)F)c2c(C)nn(-c3ccccc3)c2N=C(c2ccccc2F)N1C1CC1. The topological polar surface area (TPSA) is 49.0 Å². The summed E-state index contributed by atoms with van der Waals surface area (Å²) in [5.74, 6) is 0.372. The average molecular weight is 595 g/mol. The highest BCUT2D eigenvalue weighted by Crippen LogP contribution is 2.65. The first-order valence-electron chi connectivity index (χ1n) is 14.0. The van der Waals surface area contributed by atoms with Gasteiger partial charge in [0.2, 0.25) is 0 Å². The lowest BCUT2D eigenvalue weighted by Crippen LogP contribution is -2.45. The van der Waals surface area contributed by atoms with Crippen LogP contribution in [0.4, 0.5) is 29.1 Å². The maximum Gasteiger partial charge on any atom is 0.418 e. The van der Waals surface area contributed by atoms with Gasteiger partial charge in [0.1, 0.15) is 11.7 Å². The number of para-hydroxylation sites is 1. The van der Waals surface area contributed by atoms with Crippen LogP contribution in [0.2, 0.25) is 0 Å². The summed E-state index contributed by atoms with van der Waals surface area (Å²) in [5, 5.41) is 5.59. The van der Waals surface area contributed by atoms with Gasteiger partial charge in [-0.05, 0) is 56.2 Å². The third-order valence-corrected chi connectivity index (χ3v) is 11.7. The fraction of sp³-hybridized carbons (Fsp3) is 0.290. The zero-order valence-electron chi connectivity index (χ0n) is 23.6. The molecule has 0 saturated heterocycles. The lowest BCUT2D eigenvalue weighted by Gasteiger charge is -2.47. The van der Waals surface area contributed by atoms with Crippen molar-refractivity contribution in [3.05, 3.63) is 102 Å². The Hall–Kier alpha value is -3.75. The molecule has 6 rings (SSSR count). The van der Waals surface area contributed by atoms with Gasteiger partial charge in [-0.15, -0.1) is 0 Å². The smallest absolute Gasteiger partial charge is 0.304 e. The number of fused-ring (bicyclic) bond motifs is 1. The molecule has 0 amide bonds. The first kappa shape index (κ1) is 28.4. The molecule has 2 heterocycles. The van der Waals surface area contributed by atoms with Crippen LogP contribution in [0.3, 0.4) is 0 Å². The van der Waals surface area contributed by atoms with Gasteiger partial charge in [0.15, 0.2) is 13.2 Å². The summed E-state index contributed by atoms with van der Waals surface area (Å²) in [7, 11) is -3.28. The molecular formula is C31H31F4N6P. The predicted octanol–water partition coefficient (Wildman–Crippen LogP) is 8.22. The molecule has 1 fully saturated rings. The maximum atomic E-state index is 15.6. The number of benzene rings is 3. The van der Waals surface area contributed by atoms with Crippen LogP contribution < -0.4 is 5.30 Å². The minimum Gasteiger partial charge on any atom is -0.304 e. The van der Waals surface area contributed by atoms with Crippen molar-refractivity contribution < 1.29 is 17.6 Å². The van der Waals surface area contributed by atoms with Gasteiger partial charge in [-0.2, -0.15) is 18.3 Å². The molecule has 3 aromatic carbocycles. The molecule has 6 nitrogen and oxygen atoms in total. The van der Waals surface area contributed by atoms with E-state index in [0.29, 0.717) is 35.7 Å². The first-order valence-corrected chi connectivity index (χ1v) is 15.7.